The molecule has 0 atom stereocenters. The molecule has 0 spiro atoms. The number of hydrazone groups is 1. The molecule has 9 heteroatoms. The molecule has 0 aliphatic rings. The molecule has 2 rings (SSSR count). The van der Waals surface area contributed by atoms with Gasteiger partial charge in [-0.05, 0) is 48.4 Å². The van der Waals surface area contributed by atoms with E-state index >= 15 is 0 Å². The summed E-state index contributed by atoms with van der Waals surface area (Å²) in [6, 6.07) is 10.0. The summed E-state index contributed by atoms with van der Waals surface area (Å²) >= 11 is 0. The van der Waals surface area contributed by atoms with Crippen molar-refractivity contribution in [1.82, 2.24) is 10.7 Å². The third kappa shape index (κ3) is 6.91. The lowest BCUT2D eigenvalue weighted by atomic mass is 10.2. The molecule has 2 aromatic carbocycles. The fourth-order valence-corrected chi connectivity index (χ4v) is 2.55. The zero-order valence-electron chi connectivity index (χ0n) is 18.1. The maximum Gasteiger partial charge on any atom is 0.259 e. The van der Waals surface area contributed by atoms with Gasteiger partial charge in [0.2, 0.25) is 0 Å². The van der Waals surface area contributed by atoms with E-state index in [0.717, 1.165) is 12.0 Å². The number of carbonyl (C=O) groups is 2. The highest BCUT2D eigenvalue weighted by Crippen LogP contribution is 2.28. The molecular weight excluding hydrogens is 402 g/mol. The van der Waals surface area contributed by atoms with Gasteiger partial charge in [-0.3, -0.25) is 9.59 Å². The lowest BCUT2D eigenvalue weighted by molar-refractivity contribution is -0.120. The minimum atomic E-state index is -0.472. The molecule has 9 nitrogen and oxygen atoms in total. The predicted octanol–water partition coefficient (Wildman–Crippen LogP) is 2.38. The van der Waals surface area contributed by atoms with E-state index in [1.807, 2.05) is 6.92 Å². The van der Waals surface area contributed by atoms with Gasteiger partial charge in [-0.1, -0.05) is 6.92 Å². The molecule has 2 aromatic rings. The highest BCUT2D eigenvalue weighted by atomic mass is 16.5. The molecule has 0 unspecified atom stereocenters. The lowest BCUT2D eigenvalue weighted by Gasteiger charge is -2.10. The molecule has 0 fully saturated rings. The van der Waals surface area contributed by atoms with Crippen molar-refractivity contribution >= 4 is 18.0 Å². The summed E-state index contributed by atoms with van der Waals surface area (Å²) in [5.74, 6) is 1.25. The van der Waals surface area contributed by atoms with Crippen LogP contribution in [0, 0.1) is 0 Å². The second-order valence-electron chi connectivity index (χ2n) is 6.30. The average Bonchev–Trinajstić information content (AvgIpc) is 2.80. The summed E-state index contributed by atoms with van der Waals surface area (Å²) in [5, 5.41) is 6.42. The van der Waals surface area contributed by atoms with Crippen LogP contribution in [-0.2, 0) is 4.79 Å². The Kier molecular flexibility index (Phi) is 9.15. The van der Waals surface area contributed by atoms with Crippen molar-refractivity contribution in [3.05, 3.63) is 47.5 Å². The van der Waals surface area contributed by atoms with Crippen LogP contribution in [-0.4, -0.2) is 52.5 Å². The SMILES string of the molecule is CCCOc1ccc(C=NNC(=O)CNC(=O)c2ccc(OC)c(OC)c2)cc1OC. The molecule has 0 radical (unpaired) electrons. The molecule has 31 heavy (non-hydrogen) atoms. The first-order valence-electron chi connectivity index (χ1n) is 9.65. The normalized spacial score (nSPS) is 10.5. The molecule has 0 aromatic heterocycles. The van der Waals surface area contributed by atoms with Crippen LogP contribution in [0.1, 0.15) is 29.3 Å². The Hall–Kier alpha value is -3.75. The summed E-state index contributed by atoms with van der Waals surface area (Å²) in [6.07, 6.45) is 2.36. The molecule has 0 heterocycles. The zero-order valence-corrected chi connectivity index (χ0v) is 18.1. The number of ether oxygens (including phenoxy) is 4. The van der Waals surface area contributed by atoms with E-state index in [2.05, 4.69) is 15.8 Å². The number of rotatable bonds is 11. The Morgan fingerprint density at radius 2 is 1.61 bits per heavy atom. The second-order valence-corrected chi connectivity index (χ2v) is 6.30. The largest absolute Gasteiger partial charge is 0.493 e. The number of methoxy groups -OCH3 is 3. The van der Waals surface area contributed by atoms with E-state index in [9.17, 15) is 9.59 Å². The van der Waals surface area contributed by atoms with Crippen LogP contribution in [0.25, 0.3) is 0 Å². The molecule has 0 saturated heterocycles. The molecule has 0 aliphatic carbocycles. The maximum absolute atomic E-state index is 12.2. The average molecular weight is 429 g/mol. The smallest absolute Gasteiger partial charge is 0.259 e. The monoisotopic (exact) mass is 429 g/mol. The summed E-state index contributed by atoms with van der Waals surface area (Å²) < 4.78 is 21.2. The summed E-state index contributed by atoms with van der Waals surface area (Å²) in [5.41, 5.74) is 3.42. The third-order valence-electron chi connectivity index (χ3n) is 4.11. The number of carbonyl (C=O) groups excluding carboxylic acids is 2. The number of hydrogen-bond donors (Lipinski definition) is 2. The molecule has 2 amide bonds. The fraction of sp³-hybridized carbons (Fsp3) is 0.318. The van der Waals surface area contributed by atoms with Crippen LogP contribution in [0.5, 0.6) is 23.0 Å². The lowest BCUT2D eigenvalue weighted by Crippen LogP contribution is -2.34. The van der Waals surface area contributed by atoms with Gasteiger partial charge in [0, 0.05) is 5.56 Å². The molecule has 0 bridgehead atoms. The Bertz CT molecular complexity index is 929. The number of benzene rings is 2. The first-order chi connectivity index (χ1) is 15.0. The highest BCUT2D eigenvalue weighted by Gasteiger charge is 2.12. The van der Waals surface area contributed by atoms with Gasteiger partial charge < -0.3 is 24.3 Å². The summed E-state index contributed by atoms with van der Waals surface area (Å²) in [6.45, 7) is 2.37. The number of hydrogen-bond acceptors (Lipinski definition) is 7. The van der Waals surface area contributed by atoms with E-state index in [-0.39, 0.29) is 6.54 Å². The van der Waals surface area contributed by atoms with Crippen molar-refractivity contribution in [3.63, 3.8) is 0 Å². The maximum atomic E-state index is 12.2. The Labute approximate surface area is 181 Å². The second kappa shape index (κ2) is 12.1. The van der Waals surface area contributed by atoms with E-state index < -0.39 is 11.8 Å². The van der Waals surface area contributed by atoms with Crippen molar-refractivity contribution < 1.29 is 28.5 Å². The van der Waals surface area contributed by atoms with Gasteiger partial charge >= 0.3 is 0 Å². The molecular formula is C22H27N3O6. The first kappa shape index (κ1) is 23.5. The predicted molar refractivity (Wildman–Crippen MR) is 116 cm³/mol. The third-order valence-corrected chi connectivity index (χ3v) is 4.11. The van der Waals surface area contributed by atoms with Crippen LogP contribution >= 0.6 is 0 Å². The van der Waals surface area contributed by atoms with Crippen LogP contribution in [0.2, 0.25) is 0 Å². The van der Waals surface area contributed by atoms with Crippen molar-refractivity contribution in [3.8, 4) is 23.0 Å². The Balaban J connectivity index is 1.87. The van der Waals surface area contributed by atoms with E-state index in [4.69, 9.17) is 18.9 Å². The first-order valence-corrected chi connectivity index (χ1v) is 9.65. The van der Waals surface area contributed by atoms with E-state index in [1.54, 1.807) is 37.4 Å². The quantitative estimate of drug-likeness (QED) is 0.420. The van der Waals surface area contributed by atoms with Crippen LogP contribution in [0.15, 0.2) is 41.5 Å². The molecule has 0 saturated carbocycles. The Morgan fingerprint density at radius 3 is 2.29 bits per heavy atom. The zero-order chi connectivity index (χ0) is 22.6. The standard InChI is InChI=1S/C22H27N3O6/c1-5-10-31-18-8-6-15(11-19(18)29-3)13-24-25-21(26)14-23-22(27)16-7-9-17(28-2)20(12-16)30-4/h6-9,11-13H,5,10,14H2,1-4H3,(H,23,27)(H,25,26). The van der Waals surface area contributed by atoms with Gasteiger partial charge in [-0.25, -0.2) is 5.43 Å². The topological polar surface area (TPSA) is 107 Å². The van der Waals surface area contributed by atoms with Crippen molar-refractivity contribution in [2.45, 2.75) is 13.3 Å². The van der Waals surface area contributed by atoms with Gasteiger partial charge in [0.15, 0.2) is 23.0 Å². The van der Waals surface area contributed by atoms with Gasteiger partial charge in [-0.2, -0.15) is 5.10 Å². The molecule has 0 aliphatic heterocycles. The van der Waals surface area contributed by atoms with Gasteiger partial charge in [0.25, 0.3) is 11.8 Å². The molecule has 166 valence electrons. The van der Waals surface area contributed by atoms with Crippen molar-refractivity contribution in [2.75, 3.05) is 34.5 Å². The summed E-state index contributed by atoms with van der Waals surface area (Å²) in [4.78, 5) is 24.2. The van der Waals surface area contributed by atoms with Gasteiger partial charge in [0.05, 0.1) is 40.7 Å². The number of amides is 2. The van der Waals surface area contributed by atoms with Gasteiger partial charge in [0.1, 0.15) is 0 Å². The van der Waals surface area contributed by atoms with Crippen molar-refractivity contribution in [2.24, 2.45) is 5.10 Å². The Morgan fingerprint density at radius 1 is 0.935 bits per heavy atom. The van der Waals surface area contributed by atoms with Crippen molar-refractivity contribution in [1.29, 1.82) is 0 Å². The highest BCUT2D eigenvalue weighted by molar-refractivity contribution is 5.97. The minimum absolute atomic E-state index is 0.238. The molecule has 2 N–H and O–H groups in total. The van der Waals surface area contributed by atoms with Crippen LogP contribution in [0.3, 0.4) is 0 Å². The number of nitrogens with zero attached hydrogens (tertiary/aromatic N) is 1. The van der Waals surface area contributed by atoms with Crippen LogP contribution in [0.4, 0.5) is 0 Å². The summed E-state index contributed by atoms with van der Waals surface area (Å²) in [7, 11) is 4.54. The fourth-order valence-electron chi connectivity index (χ4n) is 2.55. The van der Waals surface area contributed by atoms with Crippen LogP contribution < -0.4 is 29.7 Å². The van der Waals surface area contributed by atoms with Gasteiger partial charge in [-0.15, -0.1) is 0 Å². The van der Waals surface area contributed by atoms with E-state index in [0.29, 0.717) is 35.2 Å². The van der Waals surface area contributed by atoms with E-state index in [1.165, 1.54) is 26.5 Å². The minimum Gasteiger partial charge on any atom is -0.493 e. The number of nitrogens with one attached hydrogen (secondary N) is 2.